The van der Waals surface area contributed by atoms with Gasteiger partial charge < -0.3 is 20.5 Å². The SMILES string of the molecule is CC(C1CCCCN1C(=O)OC(C)(C)C)n1cc(-c2cc(-c3ccccc3O)nnc2N)cn1. The summed E-state index contributed by atoms with van der Waals surface area (Å²) in [6.45, 7) is 8.37. The van der Waals surface area contributed by atoms with Gasteiger partial charge in [-0.25, -0.2) is 4.79 Å². The third-order valence-electron chi connectivity index (χ3n) is 6.07. The lowest BCUT2D eigenvalue weighted by molar-refractivity contribution is 0.00286. The molecule has 1 aliphatic rings. The zero-order chi connectivity index (χ0) is 24.5. The first kappa shape index (κ1) is 23.5. The molecular formula is C25H32N6O3. The molecule has 2 aromatic heterocycles. The number of para-hydroxylation sites is 1. The van der Waals surface area contributed by atoms with Crippen LogP contribution in [0.5, 0.6) is 5.75 Å². The summed E-state index contributed by atoms with van der Waals surface area (Å²) in [5.74, 6) is 0.399. The lowest BCUT2D eigenvalue weighted by atomic mass is 9.97. The van der Waals surface area contributed by atoms with E-state index in [4.69, 9.17) is 10.5 Å². The number of likely N-dealkylation sites (tertiary alicyclic amines) is 1. The van der Waals surface area contributed by atoms with Gasteiger partial charge in [-0.3, -0.25) is 4.68 Å². The Morgan fingerprint density at radius 3 is 2.71 bits per heavy atom. The van der Waals surface area contributed by atoms with E-state index in [0.29, 0.717) is 23.4 Å². The first-order chi connectivity index (χ1) is 16.1. The molecule has 1 aliphatic heterocycles. The number of nitrogens with zero attached hydrogens (tertiary/aromatic N) is 5. The van der Waals surface area contributed by atoms with E-state index in [2.05, 4.69) is 22.2 Å². The van der Waals surface area contributed by atoms with Crippen molar-refractivity contribution in [2.45, 2.75) is 64.6 Å². The summed E-state index contributed by atoms with van der Waals surface area (Å²) in [7, 11) is 0. The predicted octanol–water partition coefficient (Wildman–Crippen LogP) is 4.65. The number of anilines is 1. The van der Waals surface area contributed by atoms with E-state index in [9.17, 15) is 9.90 Å². The van der Waals surface area contributed by atoms with Gasteiger partial charge in [0, 0.05) is 29.4 Å². The number of carbonyl (C=O) groups excluding carboxylic acids is 1. The number of amides is 1. The zero-order valence-electron chi connectivity index (χ0n) is 20.1. The number of hydrogen-bond acceptors (Lipinski definition) is 7. The number of nitrogens with two attached hydrogens (primary N) is 1. The molecule has 1 aromatic carbocycles. The summed E-state index contributed by atoms with van der Waals surface area (Å²) >= 11 is 0. The van der Waals surface area contributed by atoms with Gasteiger partial charge in [0.2, 0.25) is 0 Å². The summed E-state index contributed by atoms with van der Waals surface area (Å²) in [5.41, 5.74) is 8.16. The highest BCUT2D eigenvalue weighted by atomic mass is 16.6. The fourth-order valence-corrected chi connectivity index (χ4v) is 4.34. The number of carbonyl (C=O) groups is 1. The largest absolute Gasteiger partial charge is 0.507 e. The normalized spacial score (nSPS) is 17.4. The minimum absolute atomic E-state index is 0.0268. The Morgan fingerprint density at radius 1 is 1.21 bits per heavy atom. The van der Waals surface area contributed by atoms with Crippen LogP contribution in [0.2, 0.25) is 0 Å². The van der Waals surface area contributed by atoms with Crippen molar-refractivity contribution in [1.82, 2.24) is 24.9 Å². The number of aromatic hydroxyl groups is 1. The lowest BCUT2D eigenvalue weighted by Gasteiger charge is -2.39. The molecule has 0 aliphatic carbocycles. The third-order valence-corrected chi connectivity index (χ3v) is 6.07. The average molecular weight is 465 g/mol. The molecular weight excluding hydrogens is 432 g/mol. The van der Waals surface area contributed by atoms with Crippen LogP contribution in [0.3, 0.4) is 0 Å². The Bertz CT molecular complexity index is 1170. The van der Waals surface area contributed by atoms with E-state index in [1.807, 2.05) is 42.6 Å². The van der Waals surface area contributed by atoms with Gasteiger partial charge >= 0.3 is 6.09 Å². The molecule has 3 aromatic rings. The van der Waals surface area contributed by atoms with Crippen LogP contribution >= 0.6 is 0 Å². The minimum atomic E-state index is -0.544. The molecule has 9 nitrogen and oxygen atoms in total. The number of hydrogen-bond donors (Lipinski definition) is 2. The molecule has 2 unspecified atom stereocenters. The highest BCUT2D eigenvalue weighted by molar-refractivity contribution is 5.78. The van der Waals surface area contributed by atoms with Gasteiger partial charge in [0.15, 0.2) is 5.82 Å². The van der Waals surface area contributed by atoms with Gasteiger partial charge in [0.05, 0.1) is 24.0 Å². The number of ether oxygens (including phenoxy) is 1. The van der Waals surface area contributed by atoms with Gasteiger partial charge in [0.1, 0.15) is 11.4 Å². The second kappa shape index (κ2) is 9.32. The van der Waals surface area contributed by atoms with Crippen LogP contribution in [0.15, 0.2) is 42.7 Å². The van der Waals surface area contributed by atoms with E-state index in [-0.39, 0.29) is 29.7 Å². The first-order valence-corrected chi connectivity index (χ1v) is 11.6. The molecule has 9 heteroatoms. The molecule has 34 heavy (non-hydrogen) atoms. The van der Waals surface area contributed by atoms with Crippen molar-refractivity contribution in [2.75, 3.05) is 12.3 Å². The van der Waals surface area contributed by atoms with Crippen LogP contribution in [0.4, 0.5) is 10.6 Å². The molecule has 2 atom stereocenters. The van der Waals surface area contributed by atoms with Crippen LogP contribution in [0.25, 0.3) is 22.4 Å². The Kier molecular flexibility index (Phi) is 6.45. The number of piperidine rings is 1. The molecule has 180 valence electrons. The van der Waals surface area contributed by atoms with Gasteiger partial charge in [0.25, 0.3) is 0 Å². The van der Waals surface area contributed by atoms with Crippen LogP contribution in [0.1, 0.15) is 53.0 Å². The summed E-state index contributed by atoms with van der Waals surface area (Å²) in [5, 5.41) is 23.0. The van der Waals surface area contributed by atoms with Crippen molar-refractivity contribution < 1.29 is 14.6 Å². The molecule has 0 radical (unpaired) electrons. The number of aromatic nitrogens is 4. The van der Waals surface area contributed by atoms with Crippen LogP contribution in [-0.4, -0.2) is 54.3 Å². The quantitative estimate of drug-likeness (QED) is 0.577. The van der Waals surface area contributed by atoms with Crippen molar-refractivity contribution in [2.24, 2.45) is 0 Å². The van der Waals surface area contributed by atoms with Crippen LogP contribution in [-0.2, 0) is 4.74 Å². The predicted molar refractivity (Wildman–Crippen MR) is 130 cm³/mol. The molecule has 0 spiro atoms. The minimum Gasteiger partial charge on any atom is -0.507 e. The highest BCUT2D eigenvalue weighted by Crippen LogP contribution is 2.33. The topological polar surface area (TPSA) is 119 Å². The summed E-state index contributed by atoms with van der Waals surface area (Å²) in [4.78, 5) is 14.7. The van der Waals surface area contributed by atoms with E-state index in [0.717, 1.165) is 24.8 Å². The number of phenols is 1. The fraction of sp³-hybridized carbons (Fsp3) is 0.440. The monoisotopic (exact) mass is 464 g/mol. The molecule has 3 heterocycles. The van der Waals surface area contributed by atoms with Crippen molar-refractivity contribution in [1.29, 1.82) is 0 Å². The van der Waals surface area contributed by atoms with Crippen LogP contribution in [0, 0.1) is 0 Å². The molecule has 0 bridgehead atoms. The fourth-order valence-electron chi connectivity index (χ4n) is 4.34. The third kappa shape index (κ3) is 4.98. The molecule has 1 saturated heterocycles. The first-order valence-electron chi connectivity index (χ1n) is 11.6. The highest BCUT2D eigenvalue weighted by Gasteiger charge is 2.34. The van der Waals surface area contributed by atoms with Crippen molar-refractivity contribution in [3.8, 4) is 28.1 Å². The smallest absolute Gasteiger partial charge is 0.410 e. The number of benzene rings is 1. The Labute approximate surface area is 199 Å². The summed E-state index contributed by atoms with van der Waals surface area (Å²) in [6, 6.07) is 8.68. The maximum absolute atomic E-state index is 12.9. The van der Waals surface area contributed by atoms with E-state index in [1.165, 1.54) is 0 Å². The summed E-state index contributed by atoms with van der Waals surface area (Å²) < 4.78 is 7.52. The van der Waals surface area contributed by atoms with Gasteiger partial charge in [-0.1, -0.05) is 12.1 Å². The maximum atomic E-state index is 12.9. The lowest BCUT2D eigenvalue weighted by Crippen LogP contribution is -2.49. The molecule has 1 fully saturated rings. The van der Waals surface area contributed by atoms with Crippen molar-refractivity contribution in [3.05, 3.63) is 42.7 Å². The molecule has 4 rings (SSSR count). The Morgan fingerprint density at radius 2 is 1.97 bits per heavy atom. The molecule has 1 amide bonds. The van der Waals surface area contributed by atoms with E-state index in [1.54, 1.807) is 30.5 Å². The second-order valence-electron chi connectivity index (χ2n) is 9.73. The number of nitrogen functional groups attached to an aromatic ring is 1. The van der Waals surface area contributed by atoms with Gasteiger partial charge in [-0.05, 0) is 65.2 Å². The second-order valence-corrected chi connectivity index (χ2v) is 9.73. The maximum Gasteiger partial charge on any atom is 0.410 e. The Hall–Kier alpha value is -3.62. The van der Waals surface area contributed by atoms with Gasteiger partial charge in [-0.2, -0.15) is 5.10 Å². The van der Waals surface area contributed by atoms with Crippen molar-refractivity contribution in [3.63, 3.8) is 0 Å². The molecule has 3 N–H and O–H groups in total. The number of rotatable bonds is 4. The zero-order valence-corrected chi connectivity index (χ0v) is 20.1. The van der Waals surface area contributed by atoms with E-state index >= 15 is 0 Å². The standard InChI is InChI=1S/C25H32N6O3/c1-16(21-10-7-8-12-30(21)24(33)34-25(2,3)4)31-15-17(14-27-31)19-13-20(28-29-23(19)26)18-9-5-6-11-22(18)32/h5-6,9,11,13-16,21,32H,7-8,10,12H2,1-4H3,(H2,26,29). The van der Waals surface area contributed by atoms with Gasteiger partial charge in [-0.15, -0.1) is 10.2 Å². The average Bonchev–Trinajstić information content (AvgIpc) is 3.28. The van der Waals surface area contributed by atoms with Crippen LogP contribution < -0.4 is 5.73 Å². The summed E-state index contributed by atoms with van der Waals surface area (Å²) in [6.07, 6.45) is 6.25. The molecule has 0 saturated carbocycles. The number of phenolic OH excluding ortho intramolecular Hbond substituents is 1. The van der Waals surface area contributed by atoms with E-state index < -0.39 is 5.60 Å². The Balaban J connectivity index is 1.60. The van der Waals surface area contributed by atoms with Crippen molar-refractivity contribution >= 4 is 11.9 Å².